The van der Waals surface area contributed by atoms with E-state index in [-0.39, 0.29) is 6.54 Å². The maximum absolute atomic E-state index is 12.2. The van der Waals surface area contributed by atoms with Crippen LogP contribution in [-0.2, 0) is 23.0 Å². The molecule has 6 nitrogen and oxygen atoms in total. The van der Waals surface area contributed by atoms with Gasteiger partial charge in [-0.05, 0) is 18.6 Å². The summed E-state index contributed by atoms with van der Waals surface area (Å²) in [5.74, 6) is 0. The van der Waals surface area contributed by atoms with Gasteiger partial charge in [0.05, 0.1) is 6.20 Å². The Labute approximate surface area is 129 Å². The summed E-state index contributed by atoms with van der Waals surface area (Å²) in [4.78, 5) is 1.06. The minimum absolute atomic E-state index is 0.237. The summed E-state index contributed by atoms with van der Waals surface area (Å²) in [6, 6.07) is 3.97. The van der Waals surface area contributed by atoms with Crippen LogP contribution in [0.1, 0.15) is 24.3 Å². The molecule has 21 heavy (non-hydrogen) atoms. The number of sulfonamides is 1. The van der Waals surface area contributed by atoms with Crippen molar-refractivity contribution in [1.29, 1.82) is 0 Å². The normalized spacial score (nSPS) is 12.1. The van der Waals surface area contributed by atoms with Crippen molar-refractivity contribution in [2.24, 2.45) is 0 Å². The number of aromatic amines is 1. The van der Waals surface area contributed by atoms with Gasteiger partial charge in [0.2, 0.25) is 10.0 Å². The summed E-state index contributed by atoms with van der Waals surface area (Å²) in [7, 11) is -3.45. The maximum atomic E-state index is 12.2. The number of rotatable bonds is 8. The molecular weight excluding hydrogens is 308 g/mol. The van der Waals surface area contributed by atoms with Gasteiger partial charge in [-0.25, -0.2) is 13.1 Å². The van der Waals surface area contributed by atoms with E-state index >= 15 is 0 Å². The summed E-state index contributed by atoms with van der Waals surface area (Å²) < 4.78 is 27.3. The van der Waals surface area contributed by atoms with Crippen LogP contribution in [0, 0.1) is 0 Å². The zero-order valence-electron chi connectivity index (χ0n) is 12.1. The highest BCUT2D eigenvalue weighted by Gasteiger charge is 2.16. The third-order valence-corrected chi connectivity index (χ3v) is 5.89. The fourth-order valence-corrected chi connectivity index (χ4v) is 4.16. The highest BCUT2D eigenvalue weighted by Crippen LogP contribution is 2.22. The molecule has 2 aromatic rings. The zero-order chi connectivity index (χ0) is 15.3. The van der Waals surface area contributed by atoms with E-state index in [2.05, 4.69) is 34.1 Å². The van der Waals surface area contributed by atoms with Crippen molar-refractivity contribution >= 4 is 21.4 Å². The molecular formula is C13H20N4O2S2. The van der Waals surface area contributed by atoms with Crippen molar-refractivity contribution in [2.75, 3.05) is 6.54 Å². The van der Waals surface area contributed by atoms with E-state index in [0.29, 0.717) is 10.3 Å². The Kier molecular flexibility index (Phi) is 5.51. The fraction of sp³-hybridized carbons (Fsp3) is 0.462. The van der Waals surface area contributed by atoms with Crippen molar-refractivity contribution in [3.05, 3.63) is 35.0 Å². The molecule has 0 aliphatic carbocycles. The van der Waals surface area contributed by atoms with Gasteiger partial charge in [0, 0.05) is 35.8 Å². The molecule has 0 fully saturated rings. The lowest BCUT2D eigenvalue weighted by Gasteiger charge is -2.06. The molecule has 0 radical (unpaired) electrons. The van der Waals surface area contributed by atoms with Crippen LogP contribution in [-0.4, -0.2) is 31.2 Å². The van der Waals surface area contributed by atoms with Gasteiger partial charge < -0.3 is 5.32 Å². The van der Waals surface area contributed by atoms with E-state index < -0.39 is 10.0 Å². The predicted molar refractivity (Wildman–Crippen MR) is 83.8 cm³/mol. The van der Waals surface area contributed by atoms with Crippen molar-refractivity contribution in [3.63, 3.8) is 0 Å². The summed E-state index contributed by atoms with van der Waals surface area (Å²) in [6.45, 7) is 5.26. The van der Waals surface area contributed by atoms with Gasteiger partial charge in [-0.2, -0.15) is 5.10 Å². The van der Waals surface area contributed by atoms with Crippen molar-refractivity contribution in [1.82, 2.24) is 20.2 Å². The number of nitrogens with zero attached hydrogens (tertiary/aromatic N) is 1. The second-order valence-corrected chi connectivity index (χ2v) is 8.17. The second-order valence-electron chi connectivity index (χ2n) is 5.01. The van der Waals surface area contributed by atoms with Gasteiger partial charge in [-0.3, -0.25) is 5.10 Å². The summed E-state index contributed by atoms with van der Waals surface area (Å²) in [6.07, 6.45) is 4.10. The molecule has 3 N–H and O–H groups in total. The van der Waals surface area contributed by atoms with Crippen molar-refractivity contribution in [3.8, 4) is 0 Å². The van der Waals surface area contributed by atoms with Crippen LogP contribution in [0.5, 0.6) is 0 Å². The monoisotopic (exact) mass is 328 g/mol. The Hall–Kier alpha value is -1.22. The number of nitrogens with one attached hydrogen (secondary N) is 3. The molecule has 0 aromatic carbocycles. The van der Waals surface area contributed by atoms with Gasteiger partial charge in [-0.15, -0.1) is 11.3 Å². The van der Waals surface area contributed by atoms with E-state index in [0.717, 1.165) is 23.4 Å². The first-order valence-electron chi connectivity index (χ1n) is 6.77. The molecule has 0 atom stereocenters. The average molecular weight is 328 g/mol. The largest absolute Gasteiger partial charge is 0.314 e. The smallest absolute Gasteiger partial charge is 0.250 e. The molecule has 2 aromatic heterocycles. The fourth-order valence-electron chi connectivity index (χ4n) is 1.74. The number of hydrogen-bond donors (Lipinski definition) is 3. The Bertz CT molecular complexity index is 648. The first-order chi connectivity index (χ1) is 9.97. The molecule has 0 spiro atoms. The van der Waals surface area contributed by atoms with E-state index in [1.807, 2.05) is 6.07 Å². The van der Waals surface area contributed by atoms with Crippen LogP contribution in [0.15, 0.2) is 28.7 Å². The predicted octanol–water partition coefficient (Wildman–Crippen LogP) is 1.49. The third kappa shape index (κ3) is 4.92. The lowest BCUT2D eigenvalue weighted by molar-refractivity contribution is 0.583. The van der Waals surface area contributed by atoms with E-state index in [1.165, 1.54) is 11.3 Å². The molecule has 0 saturated carbocycles. The first-order valence-corrected chi connectivity index (χ1v) is 9.07. The third-order valence-electron chi connectivity index (χ3n) is 2.85. The molecule has 0 aliphatic heterocycles. The van der Waals surface area contributed by atoms with Crippen LogP contribution in [0.25, 0.3) is 0 Å². The zero-order valence-corrected chi connectivity index (χ0v) is 13.7. The van der Waals surface area contributed by atoms with Crippen LogP contribution >= 0.6 is 11.3 Å². The first kappa shape index (κ1) is 16.2. The number of H-pyrrole nitrogens is 1. The van der Waals surface area contributed by atoms with Gasteiger partial charge in [-0.1, -0.05) is 13.8 Å². The number of thiophene rings is 1. The number of hydrogen-bond acceptors (Lipinski definition) is 5. The average Bonchev–Trinajstić information content (AvgIpc) is 3.07. The quantitative estimate of drug-likeness (QED) is 0.685. The highest BCUT2D eigenvalue weighted by molar-refractivity contribution is 7.91. The van der Waals surface area contributed by atoms with E-state index in [4.69, 9.17) is 0 Å². The summed E-state index contributed by atoms with van der Waals surface area (Å²) >= 11 is 1.31. The minimum Gasteiger partial charge on any atom is -0.314 e. The Morgan fingerprint density at radius 1 is 1.38 bits per heavy atom. The minimum atomic E-state index is -3.45. The second kappa shape index (κ2) is 7.17. The molecule has 8 heteroatoms. The Balaban J connectivity index is 1.92. The van der Waals surface area contributed by atoms with Crippen molar-refractivity contribution < 1.29 is 8.42 Å². The van der Waals surface area contributed by atoms with Gasteiger partial charge in [0.15, 0.2) is 0 Å². The van der Waals surface area contributed by atoms with Gasteiger partial charge >= 0.3 is 0 Å². The van der Waals surface area contributed by atoms with Gasteiger partial charge in [0.1, 0.15) is 4.21 Å². The SMILES string of the molecule is CC(C)NCCc1ccc(S(=O)(=O)NCc2cn[nH]c2)s1. The Morgan fingerprint density at radius 2 is 2.19 bits per heavy atom. The molecule has 2 heterocycles. The molecule has 0 saturated heterocycles. The van der Waals surface area contributed by atoms with Crippen molar-refractivity contribution in [2.45, 2.75) is 37.1 Å². The molecule has 0 unspecified atom stereocenters. The van der Waals surface area contributed by atoms with Crippen LogP contribution in [0.3, 0.4) is 0 Å². The van der Waals surface area contributed by atoms with Crippen LogP contribution in [0.4, 0.5) is 0 Å². The van der Waals surface area contributed by atoms with E-state index in [9.17, 15) is 8.42 Å². The topological polar surface area (TPSA) is 86.9 Å². The summed E-state index contributed by atoms with van der Waals surface area (Å²) in [5.41, 5.74) is 0.802. The summed E-state index contributed by atoms with van der Waals surface area (Å²) in [5, 5.41) is 9.75. The van der Waals surface area contributed by atoms with E-state index in [1.54, 1.807) is 18.5 Å². The molecule has 116 valence electrons. The van der Waals surface area contributed by atoms with Crippen LogP contribution in [0.2, 0.25) is 0 Å². The molecule has 0 bridgehead atoms. The number of aromatic nitrogens is 2. The van der Waals surface area contributed by atoms with Crippen LogP contribution < -0.4 is 10.0 Å². The molecule has 0 amide bonds. The molecule has 2 rings (SSSR count). The molecule has 0 aliphatic rings. The Morgan fingerprint density at radius 3 is 2.86 bits per heavy atom. The standard InChI is InChI=1S/C13H20N4O2S2/c1-10(2)14-6-5-12-3-4-13(20-12)21(18,19)17-9-11-7-15-16-8-11/h3-4,7-8,10,14,17H,5-6,9H2,1-2H3,(H,15,16). The lowest BCUT2D eigenvalue weighted by atomic mass is 10.3. The maximum Gasteiger partial charge on any atom is 0.250 e. The van der Waals surface area contributed by atoms with Gasteiger partial charge in [0.25, 0.3) is 0 Å². The highest BCUT2D eigenvalue weighted by atomic mass is 32.2. The lowest BCUT2D eigenvalue weighted by Crippen LogP contribution is -2.24.